The quantitative estimate of drug-likeness (QED) is 0.580. The Morgan fingerprint density at radius 1 is 1.40 bits per heavy atom. The van der Waals surface area contributed by atoms with Gasteiger partial charge in [-0.05, 0) is 12.3 Å². The Labute approximate surface area is 78.0 Å². The van der Waals surface area contributed by atoms with Gasteiger partial charge in [0.05, 0.1) is 0 Å². The molecule has 0 N–H and O–H groups in total. The van der Waals surface area contributed by atoms with Crippen LogP contribution in [0.2, 0.25) is 0 Å². The minimum atomic E-state index is 0. The number of rotatable bonds is 3. The molecule has 0 aromatic carbocycles. The van der Waals surface area contributed by atoms with Gasteiger partial charge < -0.3 is 0 Å². The molecule has 0 amide bonds. The van der Waals surface area contributed by atoms with Gasteiger partial charge in [-0.15, -0.1) is 6.58 Å². The zero-order valence-corrected chi connectivity index (χ0v) is 9.12. The first-order valence-corrected chi connectivity index (χ1v) is 3.92. The van der Waals surface area contributed by atoms with E-state index >= 15 is 0 Å². The van der Waals surface area contributed by atoms with Gasteiger partial charge in [0.15, 0.2) is 0 Å². The van der Waals surface area contributed by atoms with Crippen molar-refractivity contribution < 1.29 is 18.6 Å². The Kier molecular flexibility index (Phi) is 27.0. The molecule has 0 aliphatic carbocycles. The average molecular weight is 179 g/mol. The molecule has 0 fully saturated rings. The summed E-state index contributed by atoms with van der Waals surface area (Å²) in [6, 6.07) is 0. The molecule has 0 nitrogen and oxygen atoms in total. The van der Waals surface area contributed by atoms with Gasteiger partial charge in [0.25, 0.3) is 0 Å². The molecule has 0 saturated carbocycles. The predicted molar refractivity (Wildman–Crippen MR) is 45.6 cm³/mol. The maximum Gasteiger partial charge on any atom is 0 e. The van der Waals surface area contributed by atoms with Crippen molar-refractivity contribution in [3.05, 3.63) is 12.7 Å². The third-order valence-electron chi connectivity index (χ3n) is 1.27. The summed E-state index contributed by atoms with van der Waals surface area (Å²) in [5.74, 6) is 0.831. The van der Waals surface area contributed by atoms with Crippen LogP contribution in [0.25, 0.3) is 0 Å². The van der Waals surface area contributed by atoms with Crippen LogP contribution in [-0.2, 0) is 18.6 Å². The molecule has 0 aliphatic rings. The summed E-state index contributed by atoms with van der Waals surface area (Å²) in [4.78, 5) is 0. The molecule has 0 aromatic heterocycles. The van der Waals surface area contributed by atoms with E-state index in [9.17, 15) is 0 Å². The van der Waals surface area contributed by atoms with Crippen molar-refractivity contribution >= 4 is 0 Å². The molecule has 0 heterocycles. The Bertz CT molecular complexity index is 50.7. The van der Waals surface area contributed by atoms with Gasteiger partial charge in [0, 0.05) is 18.6 Å². The molecular formula is C9H20V. The molecule has 0 unspecified atom stereocenters. The predicted octanol–water partition coefficient (Wildman–Crippen LogP) is 3.63. The van der Waals surface area contributed by atoms with Gasteiger partial charge in [-0.25, -0.2) is 0 Å². The molecule has 0 spiro atoms. The van der Waals surface area contributed by atoms with Crippen molar-refractivity contribution in [2.45, 2.75) is 40.5 Å². The zero-order chi connectivity index (χ0) is 7.70. The van der Waals surface area contributed by atoms with E-state index < -0.39 is 0 Å². The van der Waals surface area contributed by atoms with E-state index in [-0.39, 0.29) is 18.6 Å². The molecule has 0 aromatic rings. The van der Waals surface area contributed by atoms with Crippen LogP contribution >= 0.6 is 0 Å². The second-order valence-corrected chi connectivity index (χ2v) is 2.04. The van der Waals surface area contributed by atoms with E-state index in [4.69, 9.17) is 0 Å². The van der Waals surface area contributed by atoms with Crippen LogP contribution < -0.4 is 0 Å². The molecule has 1 radical (unpaired) electrons. The van der Waals surface area contributed by atoms with E-state index in [0.29, 0.717) is 0 Å². The summed E-state index contributed by atoms with van der Waals surface area (Å²) < 4.78 is 0. The minimum absolute atomic E-state index is 0. The van der Waals surface area contributed by atoms with Crippen molar-refractivity contribution in [2.24, 2.45) is 5.92 Å². The molecule has 0 saturated heterocycles. The van der Waals surface area contributed by atoms with Gasteiger partial charge >= 0.3 is 0 Å². The first kappa shape index (κ1) is 16.7. The molecule has 1 heteroatoms. The van der Waals surface area contributed by atoms with Crippen molar-refractivity contribution in [3.63, 3.8) is 0 Å². The van der Waals surface area contributed by atoms with Gasteiger partial charge in [-0.2, -0.15) is 0 Å². The standard InChI is InChI=1S/C7H14.C2H6.V/c1-4-6-7(3)5-2;1-2;/h4,7H,1,5-6H2,2-3H3;1-2H3;/t7-;;/m1../s1. The summed E-state index contributed by atoms with van der Waals surface area (Å²) in [6.45, 7) is 12.1. The molecule has 0 rings (SSSR count). The largest absolute Gasteiger partial charge is 0.103 e. The van der Waals surface area contributed by atoms with Gasteiger partial charge in [-0.1, -0.05) is 40.2 Å². The SMILES string of the molecule is C=CC[C@H](C)CC.CC.[V]. The molecule has 61 valence electrons. The van der Waals surface area contributed by atoms with Gasteiger partial charge in [0.2, 0.25) is 0 Å². The van der Waals surface area contributed by atoms with E-state index in [0.717, 1.165) is 12.3 Å². The van der Waals surface area contributed by atoms with E-state index in [1.54, 1.807) is 0 Å². The number of hydrogen-bond acceptors (Lipinski definition) is 0. The molecule has 0 bridgehead atoms. The maximum absolute atomic E-state index is 3.65. The van der Waals surface area contributed by atoms with Crippen molar-refractivity contribution in [1.82, 2.24) is 0 Å². The maximum atomic E-state index is 3.65. The van der Waals surface area contributed by atoms with Crippen LogP contribution in [0.3, 0.4) is 0 Å². The van der Waals surface area contributed by atoms with Crippen LogP contribution in [0.15, 0.2) is 12.7 Å². The molecule has 10 heavy (non-hydrogen) atoms. The summed E-state index contributed by atoms with van der Waals surface area (Å²) in [5, 5.41) is 0. The van der Waals surface area contributed by atoms with Crippen LogP contribution in [-0.4, -0.2) is 0 Å². The topological polar surface area (TPSA) is 0 Å². The zero-order valence-electron chi connectivity index (χ0n) is 7.72. The fraction of sp³-hybridized carbons (Fsp3) is 0.778. The summed E-state index contributed by atoms with van der Waals surface area (Å²) in [7, 11) is 0. The third-order valence-corrected chi connectivity index (χ3v) is 1.27. The number of allylic oxidation sites excluding steroid dienone is 1. The van der Waals surface area contributed by atoms with Crippen LogP contribution in [0, 0.1) is 5.92 Å². The van der Waals surface area contributed by atoms with Crippen molar-refractivity contribution in [1.29, 1.82) is 0 Å². The second kappa shape index (κ2) is 16.2. The van der Waals surface area contributed by atoms with Gasteiger partial charge in [-0.3, -0.25) is 0 Å². The molecular weight excluding hydrogens is 159 g/mol. The van der Waals surface area contributed by atoms with E-state index in [1.165, 1.54) is 6.42 Å². The molecule has 1 atom stereocenters. The Morgan fingerprint density at radius 2 is 1.80 bits per heavy atom. The summed E-state index contributed by atoms with van der Waals surface area (Å²) in [6.07, 6.45) is 4.41. The van der Waals surface area contributed by atoms with Crippen LogP contribution in [0.5, 0.6) is 0 Å². The summed E-state index contributed by atoms with van der Waals surface area (Å²) >= 11 is 0. The van der Waals surface area contributed by atoms with E-state index in [2.05, 4.69) is 20.4 Å². The normalized spacial score (nSPS) is 10.0. The Morgan fingerprint density at radius 3 is 1.90 bits per heavy atom. The van der Waals surface area contributed by atoms with Crippen molar-refractivity contribution in [2.75, 3.05) is 0 Å². The second-order valence-electron chi connectivity index (χ2n) is 2.04. The first-order valence-electron chi connectivity index (χ1n) is 3.92. The van der Waals surface area contributed by atoms with Crippen LogP contribution in [0.1, 0.15) is 40.5 Å². The minimum Gasteiger partial charge on any atom is -0.103 e. The Balaban J connectivity index is -0.000000149. The van der Waals surface area contributed by atoms with Crippen molar-refractivity contribution in [3.8, 4) is 0 Å². The number of hydrogen-bond donors (Lipinski definition) is 0. The van der Waals surface area contributed by atoms with E-state index in [1.807, 2.05) is 19.9 Å². The Hall–Kier alpha value is 0.324. The molecule has 0 aliphatic heterocycles. The fourth-order valence-electron chi connectivity index (χ4n) is 0.451. The fourth-order valence-corrected chi connectivity index (χ4v) is 0.451. The van der Waals surface area contributed by atoms with Crippen LogP contribution in [0.4, 0.5) is 0 Å². The average Bonchev–Trinajstić information content (AvgIpc) is 1.93. The third kappa shape index (κ3) is 15.8. The first-order chi connectivity index (χ1) is 4.31. The monoisotopic (exact) mass is 179 g/mol. The summed E-state index contributed by atoms with van der Waals surface area (Å²) in [5.41, 5.74) is 0. The smallest absolute Gasteiger partial charge is 0 e. The van der Waals surface area contributed by atoms with Gasteiger partial charge in [0.1, 0.15) is 0 Å².